The van der Waals surface area contributed by atoms with Gasteiger partial charge in [-0.3, -0.25) is 4.79 Å². The Kier molecular flexibility index (Phi) is 4.16. The Morgan fingerprint density at radius 2 is 1.89 bits per heavy atom. The van der Waals surface area contributed by atoms with Crippen LogP contribution in [0.5, 0.6) is 5.75 Å². The minimum absolute atomic E-state index is 0.229. The first kappa shape index (κ1) is 16.8. The lowest BCUT2D eigenvalue weighted by molar-refractivity contribution is -0.123. The predicted molar refractivity (Wildman–Crippen MR) is 106 cm³/mol. The highest BCUT2D eigenvalue weighted by Crippen LogP contribution is 2.58. The van der Waals surface area contributed by atoms with Gasteiger partial charge in [0.25, 0.3) is 0 Å². The standard InChI is InChI=1S/C23H26N2O2/c26-22(20-14-23(20)8-10-24-11-9-23)25-15-16-1-3-17(4-2-16)18-5-6-21-19(13-18)7-12-27-21/h1-6,13,20,24H,7-12,14-15H2,(H,25,26). The number of rotatable bonds is 4. The van der Waals surface area contributed by atoms with E-state index in [0.717, 1.165) is 56.7 Å². The number of carbonyl (C=O) groups excluding carboxylic acids is 1. The summed E-state index contributed by atoms with van der Waals surface area (Å²) < 4.78 is 5.59. The zero-order chi connectivity index (χ0) is 18.3. The van der Waals surface area contributed by atoms with Crippen LogP contribution in [0, 0.1) is 11.3 Å². The van der Waals surface area contributed by atoms with E-state index in [1.54, 1.807) is 0 Å². The highest BCUT2D eigenvalue weighted by atomic mass is 16.5. The zero-order valence-corrected chi connectivity index (χ0v) is 15.6. The molecule has 3 aliphatic rings. The monoisotopic (exact) mass is 362 g/mol. The maximum atomic E-state index is 12.5. The Hall–Kier alpha value is -2.33. The molecule has 1 aliphatic carbocycles. The SMILES string of the molecule is O=C(NCc1ccc(-c2ccc3c(c2)CCO3)cc1)C1CC12CCNCC2. The van der Waals surface area contributed by atoms with Gasteiger partial charge in [0.1, 0.15) is 5.75 Å². The van der Waals surface area contributed by atoms with Gasteiger partial charge in [-0.25, -0.2) is 0 Å². The zero-order valence-electron chi connectivity index (χ0n) is 15.6. The summed E-state index contributed by atoms with van der Waals surface area (Å²) in [6.07, 6.45) is 4.35. The van der Waals surface area contributed by atoms with E-state index in [1.807, 2.05) is 0 Å². The summed E-state index contributed by atoms with van der Waals surface area (Å²) in [4.78, 5) is 12.5. The van der Waals surface area contributed by atoms with E-state index in [1.165, 1.54) is 16.7 Å². The Morgan fingerprint density at radius 1 is 1.11 bits per heavy atom. The van der Waals surface area contributed by atoms with Crippen LogP contribution in [-0.2, 0) is 17.8 Å². The molecule has 1 spiro atoms. The highest BCUT2D eigenvalue weighted by Gasteiger charge is 2.57. The van der Waals surface area contributed by atoms with E-state index in [4.69, 9.17) is 4.74 Å². The molecule has 2 N–H and O–H groups in total. The van der Waals surface area contributed by atoms with Crippen LogP contribution in [0.3, 0.4) is 0 Å². The molecule has 1 atom stereocenters. The topological polar surface area (TPSA) is 50.4 Å². The summed E-state index contributed by atoms with van der Waals surface area (Å²) in [7, 11) is 0. The van der Waals surface area contributed by atoms with Crippen molar-refractivity contribution in [3.05, 3.63) is 53.6 Å². The van der Waals surface area contributed by atoms with Gasteiger partial charge in [0.05, 0.1) is 6.61 Å². The lowest BCUT2D eigenvalue weighted by atomic mass is 9.92. The number of piperidine rings is 1. The van der Waals surface area contributed by atoms with Crippen molar-refractivity contribution in [2.75, 3.05) is 19.7 Å². The number of benzene rings is 2. The van der Waals surface area contributed by atoms with Gasteiger partial charge in [0, 0.05) is 18.9 Å². The quantitative estimate of drug-likeness (QED) is 0.877. The molecule has 1 amide bonds. The van der Waals surface area contributed by atoms with E-state index < -0.39 is 0 Å². The van der Waals surface area contributed by atoms with Crippen LogP contribution in [0.4, 0.5) is 0 Å². The maximum absolute atomic E-state index is 12.5. The molecule has 4 heteroatoms. The van der Waals surface area contributed by atoms with Crippen molar-refractivity contribution < 1.29 is 9.53 Å². The smallest absolute Gasteiger partial charge is 0.223 e. The third kappa shape index (κ3) is 3.23. The Bertz CT molecular complexity index is 853. The van der Waals surface area contributed by atoms with Crippen molar-refractivity contribution in [3.8, 4) is 16.9 Å². The molecule has 0 radical (unpaired) electrons. The molecular weight excluding hydrogens is 336 g/mol. The number of carbonyl (C=O) groups is 1. The third-order valence-corrected chi connectivity index (χ3v) is 6.55. The van der Waals surface area contributed by atoms with Gasteiger partial charge in [-0.05, 0) is 72.2 Å². The molecule has 2 fully saturated rings. The van der Waals surface area contributed by atoms with Gasteiger partial charge in [-0.15, -0.1) is 0 Å². The van der Waals surface area contributed by atoms with E-state index in [0.29, 0.717) is 12.0 Å². The van der Waals surface area contributed by atoms with Crippen LogP contribution >= 0.6 is 0 Å². The third-order valence-electron chi connectivity index (χ3n) is 6.55. The molecule has 2 aromatic carbocycles. The molecule has 1 saturated heterocycles. The predicted octanol–water partition coefficient (Wildman–Crippen LogP) is 3.29. The van der Waals surface area contributed by atoms with Crippen LogP contribution in [0.1, 0.15) is 30.4 Å². The molecule has 2 aliphatic heterocycles. The minimum atomic E-state index is 0.229. The van der Waals surface area contributed by atoms with E-state index in [2.05, 4.69) is 53.1 Å². The number of amides is 1. The van der Waals surface area contributed by atoms with Crippen LogP contribution in [0.15, 0.2) is 42.5 Å². The van der Waals surface area contributed by atoms with E-state index in [-0.39, 0.29) is 11.8 Å². The van der Waals surface area contributed by atoms with Crippen LogP contribution in [0.25, 0.3) is 11.1 Å². The van der Waals surface area contributed by atoms with Crippen molar-refractivity contribution in [1.82, 2.24) is 10.6 Å². The van der Waals surface area contributed by atoms with Crippen molar-refractivity contribution in [2.45, 2.75) is 32.2 Å². The molecule has 2 heterocycles. The summed E-state index contributed by atoms with van der Waals surface area (Å²) >= 11 is 0. The summed E-state index contributed by atoms with van der Waals surface area (Å²) in [6, 6.07) is 14.9. The second-order valence-electron chi connectivity index (χ2n) is 8.20. The summed E-state index contributed by atoms with van der Waals surface area (Å²) in [5.74, 6) is 1.48. The van der Waals surface area contributed by atoms with Crippen LogP contribution in [-0.4, -0.2) is 25.6 Å². The minimum Gasteiger partial charge on any atom is -0.493 e. The summed E-state index contributed by atoms with van der Waals surface area (Å²) in [5.41, 5.74) is 5.17. The number of hydrogen-bond donors (Lipinski definition) is 2. The first-order chi connectivity index (χ1) is 13.2. The molecule has 140 valence electrons. The molecule has 0 aromatic heterocycles. The molecular formula is C23H26N2O2. The molecule has 0 bridgehead atoms. The molecule has 1 saturated carbocycles. The summed E-state index contributed by atoms with van der Waals surface area (Å²) in [6.45, 7) is 3.51. The van der Waals surface area contributed by atoms with Gasteiger partial charge in [0.15, 0.2) is 0 Å². The Labute approximate surface area is 160 Å². The van der Waals surface area contributed by atoms with Crippen molar-refractivity contribution in [3.63, 3.8) is 0 Å². The van der Waals surface area contributed by atoms with Crippen molar-refractivity contribution in [2.24, 2.45) is 11.3 Å². The fraction of sp³-hybridized carbons (Fsp3) is 0.435. The Balaban J connectivity index is 1.19. The average Bonchev–Trinajstić information content (AvgIpc) is 3.19. The van der Waals surface area contributed by atoms with Gasteiger partial charge >= 0.3 is 0 Å². The fourth-order valence-electron chi connectivity index (χ4n) is 4.69. The summed E-state index contributed by atoms with van der Waals surface area (Å²) in [5, 5.41) is 6.54. The van der Waals surface area contributed by atoms with Gasteiger partial charge < -0.3 is 15.4 Å². The highest BCUT2D eigenvalue weighted by molar-refractivity contribution is 5.82. The molecule has 5 rings (SSSR count). The van der Waals surface area contributed by atoms with E-state index >= 15 is 0 Å². The Morgan fingerprint density at radius 3 is 2.70 bits per heavy atom. The molecule has 27 heavy (non-hydrogen) atoms. The molecule has 4 nitrogen and oxygen atoms in total. The van der Waals surface area contributed by atoms with Crippen molar-refractivity contribution >= 4 is 5.91 Å². The number of nitrogens with one attached hydrogen (secondary N) is 2. The van der Waals surface area contributed by atoms with Gasteiger partial charge in [-0.2, -0.15) is 0 Å². The van der Waals surface area contributed by atoms with E-state index in [9.17, 15) is 4.79 Å². The number of hydrogen-bond acceptors (Lipinski definition) is 3. The first-order valence-corrected chi connectivity index (χ1v) is 10.1. The second kappa shape index (κ2) is 6.68. The number of ether oxygens (including phenoxy) is 1. The van der Waals surface area contributed by atoms with Crippen LogP contribution < -0.4 is 15.4 Å². The van der Waals surface area contributed by atoms with Crippen LogP contribution in [0.2, 0.25) is 0 Å². The lowest BCUT2D eigenvalue weighted by Crippen LogP contribution is -2.33. The lowest BCUT2D eigenvalue weighted by Gasteiger charge is -2.23. The first-order valence-electron chi connectivity index (χ1n) is 10.1. The average molecular weight is 362 g/mol. The largest absolute Gasteiger partial charge is 0.493 e. The molecule has 2 aromatic rings. The fourth-order valence-corrected chi connectivity index (χ4v) is 4.69. The second-order valence-corrected chi connectivity index (χ2v) is 8.20. The van der Waals surface area contributed by atoms with Gasteiger partial charge in [0.2, 0.25) is 5.91 Å². The maximum Gasteiger partial charge on any atom is 0.223 e. The molecule has 1 unspecified atom stereocenters. The van der Waals surface area contributed by atoms with Crippen molar-refractivity contribution in [1.29, 1.82) is 0 Å². The van der Waals surface area contributed by atoms with Gasteiger partial charge in [-0.1, -0.05) is 30.3 Å². The number of fused-ring (bicyclic) bond motifs is 1. The normalized spacial score (nSPS) is 22.1.